The highest BCUT2D eigenvalue weighted by atomic mass is 16.5. The zero-order valence-electron chi connectivity index (χ0n) is 32.9. The number of aliphatic hydroxyl groups is 1. The van der Waals surface area contributed by atoms with Crippen molar-refractivity contribution in [1.82, 2.24) is 5.32 Å². The maximum atomic E-state index is 14.0. The van der Waals surface area contributed by atoms with Gasteiger partial charge in [-0.1, -0.05) is 73.3 Å². The Morgan fingerprint density at radius 1 is 0.880 bits per heavy atom. The summed E-state index contributed by atoms with van der Waals surface area (Å²) in [5, 5.41) is 25.5. The largest absolute Gasteiger partial charge is 0.481 e. The number of carbonyl (C=O) groups is 3. The number of aliphatic hydroxyl groups excluding tert-OH is 1. The molecule has 7 nitrogen and oxygen atoms in total. The van der Waals surface area contributed by atoms with Gasteiger partial charge in [0.25, 0.3) is 0 Å². The molecule has 3 N–H and O–H groups in total. The molecule has 50 heavy (non-hydrogen) atoms. The zero-order valence-corrected chi connectivity index (χ0v) is 32.9. The lowest BCUT2D eigenvalue weighted by Gasteiger charge is -2.72. The third-order valence-corrected chi connectivity index (χ3v) is 16.7. The van der Waals surface area contributed by atoms with Gasteiger partial charge >= 0.3 is 11.9 Å². The fraction of sp³-hybridized carbons (Fsp3) is 0.884. The number of nitrogens with one attached hydrogen (secondary N) is 1. The third-order valence-electron chi connectivity index (χ3n) is 16.7. The summed E-state index contributed by atoms with van der Waals surface area (Å²) in [4.78, 5) is 38.8. The van der Waals surface area contributed by atoms with E-state index >= 15 is 0 Å². The van der Waals surface area contributed by atoms with Gasteiger partial charge in [-0.25, -0.2) is 0 Å². The number of Topliss-reactive ketones (excluding diaryl/α,β-unsaturated/α-hetero) is 1. The van der Waals surface area contributed by atoms with Gasteiger partial charge in [-0.3, -0.25) is 14.4 Å². The molecule has 6 aliphatic carbocycles. The highest BCUT2D eigenvalue weighted by Gasteiger charge is 2.70. The summed E-state index contributed by atoms with van der Waals surface area (Å²) in [6, 6.07) is 0.475. The van der Waals surface area contributed by atoms with Crippen LogP contribution in [0.3, 0.4) is 0 Å². The lowest BCUT2D eigenvalue weighted by molar-refractivity contribution is -0.235. The molecule has 0 heterocycles. The van der Waals surface area contributed by atoms with Crippen molar-refractivity contribution in [3.8, 4) is 0 Å². The van der Waals surface area contributed by atoms with Crippen molar-refractivity contribution >= 4 is 17.7 Å². The molecule has 0 spiro atoms. The number of esters is 1. The second-order valence-corrected chi connectivity index (χ2v) is 20.3. The number of fused-ring (bicyclic) bond motifs is 7. The normalized spacial score (nSPS) is 40.8. The molecule has 0 aliphatic heterocycles. The van der Waals surface area contributed by atoms with Gasteiger partial charge in [0, 0.05) is 29.8 Å². The zero-order chi connectivity index (χ0) is 36.7. The van der Waals surface area contributed by atoms with E-state index in [0.717, 1.165) is 56.9 Å². The van der Waals surface area contributed by atoms with E-state index in [1.807, 2.05) is 0 Å². The van der Waals surface area contributed by atoms with Gasteiger partial charge in [-0.15, -0.1) is 0 Å². The summed E-state index contributed by atoms with van der Waals surface area (Å²) >= 11 is 0. The van der Waals surface area contributed by atoms with E-state index in [4.69, 9.17) is 4.74 Å². The summed E-state index contributed by atoms with van der Waals surface area (Å²) in [6.45, 7) is 20.4. The second-order valence-electron chi connectivity index (χ2n) is 20.3. The average molecular weight is 696 g/mol. The highest BCUT2D eigenvalue weighted by Crippen LogP contribution is 2.77. The Morgan fingerprint density at radius 3 is 2.20 bits per heavy atom. The lowest BCUT2D eigenvalue weighted by Crippen LogP contribution is -2.66. The molecule has 6 rings (SSSR count). The van der Waals surface area contributed by atoms with E-state index in [2.05, 4.69) is 53.8 Å². The number of carboxylic acids is 1. The van der Waals surface area contributed by atoms with E-state index in [-0.39, 0.29) is 45.9 Å². The summed E-state index contributed by atoms with van der Waals surface area (Å²) in [5.41, 5.74) is 0.755. The number of hydrogen-bond donors (Lipinski definition) is 3. The summed E-state index contributed by atoms with van der Waals surface area (Å²) in [5.74, 6) is 0.246. The second kappa shape index (κ2) is 13.0. The first-order chi connectivity index (χ1) is 23.2. The van der Waals surface area contributed by atoms with Crippen LogP contribution in [-0.2, 0) is 19.1 Å². The number of ether oxygens (including phenoxy) is 1. The van der Waals surface area contributed by atoms with Gasteiger partial charge in [-0.05, 0) is 124 Å². The highest BCUT2D eigenvalue weighted by molar-refractivity contribution is 6.00. The van der Waals surface area contributed by atoms with Gasteiger partial charge in [0.05, 0.1) is 17.9 Å². The molecule has 0 amide bonds. The Bertz CT molecular complexity index is 1390. The van der Waals surface area contributed by atoms with Crippen LogP contribution in [0.4, 0.5) is 0 Å². The molecule has 5 saturated carbocycles. The van der Waals surface area contributed by atoms with Crippen LogP contribution in [0.1, 0.15) is 159 Å². The molecule has 6 aliphatic rings. The number of hydrogen-bond acceptors (Lipinski definition) is 6. The molecule has 0 bridgehead atoms. The van der Waals surface area contributed by atoms with Gasteiger partial charge in [0.15, 0.2) is 5.78 Å². The third kappa shape index (κ3) is 5.76. The van der Waals surface area contributed by atoms with Crippen LogP contribution < -0.4 is 5.32 Å². The fourth-order valence-electron chi connectivity index (χ4n) is 13.7. The van der Waals surface area contributed by atoms with Crippen LogP contribution in [0.2, 0.25) is 0 Å². The average Bonchev–Trinajstić information content (AvgIpc) is 3.35. The predicted octanol–water partition coefficient (Wildman–Crippen LogP) is 8.66. The van der Waals surface area contributed by atoms with Gasteiger partial charge < -0.3 is 20.3 Å². The molecule has 282 valence electrons. The maximum absolute atomic E-state index is 14.0. The molecular formula is C43H69NO6. The van der Waals surface area contributed by atoms with Crippen molar-refractivity contribution in [2.45, 2.75) is 177 Å². The molecule has 9 atom stereocenters. The standard InChI is InChI=1S/C43H69NO6/c1-26(2)35-29(45)23-43(32(46)25-44-27-13-11-10-12-14-27)22-21-41(8)28(36(35)43)15-16-31-40(7)19-18-33(50-34(47)24-38(3,4)37(48)49)39(5,6)30(40)17-20-42(31,41)9/h26-28,30-33,44,46H,10-25H2,1-9H3,(H,48,49)/t28-,30+,31-,32-,33+,40+,41-,42-,43-/m1/s1. The molecule has 0 radical (unpaired) electrons. The molecule has 0 aromatic rings. The Balaban J connectivity index is 1.27. The van der Waals surface area contributed by atoms with E-state index in [1.165, 1.54) is 37.7 Å². The number of rotatable bonds is 9. The number of allylic oxidation sites excluding steroid dienone is 1. The topological polar surface area (TPSA) is 113 Å². The van der Waals surface area contributed by atoms with E-state index in [1.54, 1.807) is 13.8 Å². The smallest absolute Gasteiger partial charge is 0.309 e. The lowest BCUT2D eigenvalue weighted by atomic mass is 9.33. The maximum Gasteiger partial charge on any atom is 0.309 e. The molecule has 0 saturated heterocycles. The molecule has 5 fully saturated rings. The van der Waals surface area contributed by atoms with Crippen LogP contribution in [0, 0.1) is 56.2 Å². The Hall–Kier alpha value is -1.73. The first-order valence-electron chi connectivity index (χ1n) is 20.4. The molecule has 0 unspecified atom stereocenters. The Kier molecular flexibility index (Phi) is 9.87. The van der Waals surface area contributed by atoms with Crippen LogP contribution in [0.25, 0.3) is 0 Å². The van der Waals surface area contributed by atoms with Crippen LogP contribution in [-0.4, -0.2) is 52.7 Å². The minimum atomic E-state index is -1.15. The number of aliphatic carboxylic acids is 1. The quantitative estimate of drug-likeness (QED) is 0.207. The van der Waals surface area contributed by atoms with E-state index < -0.39 is 28.9 Å². The van der Waals surface area contributed by atoms with Crippen molar-refractivity contribution in [2.24, 2.45) is 56.2 Å². The van der Waals surface area contributed by atoms with Gasteiger partial charge in [0.1, 0.15) is 6.10 Å². The van der Waals surface area contributed by atoms with Crippen molar-refractivity contribution < 1.29 is 29.3 Å². The number of carboxylic acid groups (broad SMARTS) is 1. The molecule has 0 aromatic heterocycles. The van der Waals surface area contributed by atoms with Crippen molar-refractivity contribution in [2.75, 3.05) is 6.54 Å². The van der Waals surface area contributed by atoms with Crippen LogP contribution in [0.5, 0.6) is 0 Å². The molecule has 7 heteroatoms. The van der Waals surface area contributed by atoms with Gasteiger partial charge in [-0.2, -0.15) is 0 Å². The molecule has 0 aromatic carbocycles. The summed E-state index contributed by atoms with van der Waals surface area (Å²) < 4.78 is 6.17. The van der Waals surface area contributed by atoms with Crippen LogP contribution in [0.15, 0.2) is 11.1 Å². The summed E-state index contributed by atoms with van der Waals surface area (Å²) in [6.07, 6.45) is 13.8. The first-order valence-corrected chi connectivity index (χ1v) is 20.4. The van der Waals surface area contributed by atoms with E-state index in [9.17, 15) is 24.6 Å². The van der Waals surface area contributed by atoms with Gasteiger partial charge in [0.2, 0.25) is 0 Å². The van der Waals surface area contributed by atoms with Crippen molar-refractivity contribution in [1.29, 1.82) is 0 Å². The minimum absolute atomic E-state index is 0.0277. The fourth-order valence-corrected chi connectivity index (χ4v) is 13.7. The summed E-state index contributed by atoms with van der Waals surface area (Å²) in [7, 11) is 0. The Morgan fingerprint density at radius 2 is 1.56 bits per heavy atom. The van der Waals surface area contributed by atoms with Crippen LogP contribution >= 0.6 is 0 Å². The minimum Gasteiger partial charge on any atom is -0.481 e. The van der Waals surface area contributed by atoms with Crippen molar-refractivity contribution in [3.63, 3.8) is 0 Å². The number of ketones is 1. The number of carbonyl (C=O) groups excluding carboxylic acids is 2. The predicted molar refractivity (Wildman–Crippen MR) is 196 cm³/mol. The van der Waals surface area contributed by atoms with Crippen molar-refractivity contribution in [3.05, 3.63) is 11.1 Å². The monoisotopic (exact) mass is 696 g/mol. The SMILES string of the molecule is CC(C)C1=C2[C@H]3CC[C@@H]4[C@@]5(C)CC[C@H](OC(=O)CC(C)(C)C(=O)O)C(C)(C)[C@@H]5CC[C@@]4(C)[C@]3(C)CC[C@]2([C@H](O)CNC2CCCCC2)CC1=O. The molecular weight excluding hydrogens is 626 g/mol. The first kappa shape index (κ1) is 38.0. The Labute approximate surface area is 302 Å². The van der Waals surface area contributed by atoms with E-state index in [0.29, 0.717) is 36.8 Å².